The molecule has 0 radical (unpaired) electrons. The molecule has 0 heterocycles. The van der Waals surface area contributed by atoms with Gasteiger partial charge in [-0.1, -0.05) is 250 Å². The second-order valence-corrected chi connectivity index (χ2v) is 20.4. The van der Waals surface area contributed by atoms with E-state index in [1.807, 2.05) is 0 Å². The van der Waals surface area contributed by atoms with Gasteiger partial charge >= 0.3 is 13.8 Å². The number of carbonyl (C=O) groups excluding carboxylic acids is 1. The van der Waals surface area contributed by atoms with E-state index < -0.39 is 33.2 Å². The predicted octanol–water partition coefficient (Wildman–Crippen LogP) is 16.5. The van der Waals surface area contributed by atoms with Gasteiger partial charge in [-0.15, -0.1) is 0 Å². The van der Waals surface area contributed by atoms with Crippen LogP contribution in [0.4, 0.5) is 0 Å². The standard InChI is InChI=1S/C55H107O9P/c1-3-5-7-9-11-13-15-17-19-21-23-25-26-28-30-32-34-36-38-40-42-44-46-48-61-51-54(52-63-65(59,60)62-50-53(57)49-56)64-55(58)47-45-43-41-39-37-35-33-31-29-27-24-22-20-18-16-14-12-10-8-6-4-2/h16,18,22,24,53-54,56-57H,3-15,17,19-21,23,25-52H2,1-2H3,(H,59,60)/b18-16-,24-22-. The largest absolute Gasteiger partial charge is 0.472 e. The second-order valence-electron chi connectivity index (χ2n) is 19.0. The van der Waals surface area contributed by atoms with Gasteiger partial charge in [-0.25, -0.2) is 4.57 Å². The molecule has 0 saturated carbocycles. The molecule has 0 spiro atoms. The first kappa shape index (κ1) is 63.9. The Labute approximate surface area is 402 Å². The predicted molar refractivity (Wildman–Crippen MR) is 274 cm³/mol. The van der Waals surface area contributed by atoms with Crippen molar-refractivity contribution in [1.29, 1.82) is 0 Å². The summed E-state index contributed by atoms with van der Waals surface area (Å²) >= 11 is 0. The quantitative estimate of drug-likeness (QED) is 0.0236. The van der Waals surface area contributed by atoms with E-state index >= 15 is 0 Å². The third kappa shape index (κ3) is 52.2. The monoisotopic (exact) mass is 943 g/mol. The van der Waals surface area contributed by atoms with Crippen LogP contribution in [0.5, 0.6) is 0 Å². The first-order valence-electron chi connectivity index (χ1n) is 27.8. The van der Waals surface area contributed by atoms with Crippen LogP contribution in [-0.4, -0.2) is 66.3 Å². The molecule has 0 aromatic rings. The molecule has 0 rings (SSSR count). The molecule has 3 N–H and O–H groups in total. The first-order chi connectivity index (χ1) is 31.8. The van der Waals surface area contributed by atoms with Crippen LogP contribution in [-0.2, 0) is 27.9 Å². The molecule has 0 aromatic heterocycles. The lowest BCUT2D eigenvalue weighted by atomic mass is 10.0. The smallest absolute Gasteiger partial charge is 0.457 e. The summed E-state index contributed by atoms with van der Waals surface area (Å²) < 4.78 is 33.6. The van der Waals surface area contributed by atoms with Crippen molar-refractivity contribution in [1.82, 2.24) is 0 Å². The zero-order valence-electron chi connectivity index (χ0n) is 42.7. The van der Waals surface area contributed by atoms with Crippen molar-refractivity contribution >= 4 is 13.8 Å². The number of ether oxygens (including phenoxy) is 2. The lowest BCUT2D eigenvalue weighted by Gasteiger charge is -2.20. The van der Waals surface area contributed by atoms with Crippen LogP contribution in [0, 0.1) is 0 Å². The zero-order valence-corrected chi connectivity index (χ0v) is 43.6. The Kier molecular flexibility index (Phi) is 51.5. The molecular formula is C55H107O9P. The van der Waals surface area contributed by atoms with Gasteiger partial charge in [0, 0.05) is 13.0 Å². The van der Waals surface area contributed by atoms with Crippen LogP contribution in [0.1, 0.15) is 277 Å². The fourth-order valence-corrected chi connectivity index (χ4v) is 8.94. The molecule has 65 heavy (non-hydrogen) atoms. The highest BCUT2D eigenvalue weighted by atomic mass is 31.2. The minimum Gasteiger partial charge on any atom is -0.457 e. The maximum absolute atomic E-state index is 12.7. The molecule has 3 atom stereocenters. The number of hydrogen-bond acceptors (Lipinski definition) is 8. The van der Waals surface area contributed by atoms with Gasteiger partial charge in [0.25, 0.3) is 0 Å². The van der Waals surface area contributed by atoms with E-state index in [1.54, 1.807) is 0 Å². The van der Waals surface area contributed by atoms with Crippen molar-refractivity contribution in [2.24, 2.45) is 0 Å². The number of aliphatic hydroxyl groups excluding tert-OH is 2. The van der Waals surface area contributed by atoms with Crippen molar-refractivity contribution < 1.29 is 43.0 Å². The van der Waals surface area contributed by atoms with E-state index in [0.717, 1.165) is 38.5 Å². The zero-order chi connectivity index (χ0) is 47.4. The third-order valence-electron chi connectivity index (χ3n) is 12.4. The van der Waals surface area contributed by atoms with E-state index in [4.69, 9.17) is 23.6 Å². The Morgan fingerprint density at radius 3 is 1.23 bits per heavy atom. The molecule has 10 heteroatoms. The van der Waals surface area contributed by atoms with Gasteiger partial charge in [0.2, 0.25) is 0 Å². The second kappa shape index (κ2) is 52.3. The lowest BCUT2D eigenvalue weighted by molar-refractivity contribution is -0.154. The van der Waals surface area contributed by atoms with Crippen LogP contribution in [0.15, 0.2) is 24.3 Å². The van der Waals surface area contributed by atoms with Crippen molar-refractivity contribution in [2.45, 2.75) is 289 Å². The minimum atomic E-state index is -4.52. The highest BCUT2D eigenvalue weighted by Gasteiger charge is 2.26. The summed E-state index contributed by atoms with van der Waals surface area (Å²) in [5.74, 6) is -0.381. The number of rotatable bonds is 54. The van der Waals surface area contributed by atoms with Crippen molar-refractivity contribution in [3.8, 4) is 0 Å². The molecule has 0 aliphatic rings. The number of phosphoric ester groups is 1. The fourth-order valence-electron chi connectivity index (χ4n) is 8.15. The number of aliphatic hydroxyl groups is 2. The number of esters is 1. The molecule has 3 unspecified atom stereocenters. The number of unbranched alkanes of at least 4 members (excludes halogenated alkanes) is 36. The van der Waals surface area contributed by atoms with Gasteiger partial charge in [0.1, 0.15) is 12.2 Å². The molecule has 0 bridgehead atoms. The summed E-state index contributed by atoms with van der Waals surface area (Å²) in [6, 6.07) is 0. The normalized spacial score (nSPS) is 13.9. The molecule has 9 nitrogen and oxygen atoms in total. The lowest BCUT2D eigenvalue weighted by Crippen LogP contribution is -2.29. The minimum absolute atomic E-state index is 0.0528. The van der Waals surface area contributed by atoms with Crippen molar-refractivity contribution in [2.75, 3.05) is 33.0 Å². The average Bonchev–Trinajstić information content (AvgIpc) is 3.30. The number of carbonyl (C=O) groups is 1. The van der Waals surface area contributed by atoms with Crippen LogP contribution in [0.25, 0.3) is 0 Å². The molecule has 0 amide bonds. The summed E-state index contributed by atoms with van der Waals surface area (Å²) in [6.07, 6.45) is 58.7. The van der Waals surface area contributed by atoms with Gasteiger partial charge in [0.15, 0.2) is 0 Å². The highest BCUT2D eigenvalue weighted by Crippen LogP contribution is 2.43. The molecule has 0 aliphatic carbocycles. The summed E-state index contributed by atoms with van der Waals surface area (Å²) in [4.78, 5) is 22.7. The SMILES string of the molecule is CCCCCCC/C=C\C/C=C\CCCCCCCCCCCC(=O)OC(COCCCCCCCCCCCCCCCCCCCCCCCCC)COP(=O)(O)OCC(O)CO. The molecule has 0 aromatic carbocycles. The fraction of sp³-hybridized carbons (Fsp3) is 0.909. The topological polar surface area (TPSA) is 132 Å². The van der Waals surface area contributed by atoms with Crippen LogP contribution >= 0.6 is 7.82 Å². The van der Waals surface area contributed by atoms with Gasteiger partial charge in [-0.05, 0) is 44.9 Å². The summed E-state index contributed by atoms with van der Waals surface area (Å²) in [5.41, 5.74) is 0. The van der Waals surface area contributed by atoms with Gasteiger partial charge in [-0.3, -0.25) is 13.8 Å². The molecular weight excluding hydrogens is 836 g/mol. The maximum Gasteiger partial charge on any atom is 0.472 e. The van der Waals surface area contributed by atoms with E-state index in [9.17, 15) is 19.4 Å². The summed E-state index contributed by atoms with van der Waals surface area (Å²) in [7, 11) is -4.52. The van der Waals surface area contributed by atoms with E-state index in [2.05, 4.69) is 38.2 Å². The van der Waals surface area contributed by atoms with Crippen molar-refractivity contribution in [3.63, 3.8) is 0 Å². The van der Waals surface area contributed by atoms with Crippen LogP contribution < -0.4 is 0 Å². The van der Waals surface area contributed by atoms with Crippen LogP contribution in [0.2, 0.25) is 0 Å². The first-order valence-corrected chi connectivity index (χ1v) is 29.3. The van der Waals surface area contributed by atoms with Gasteiger partial charge < -0.3 is 24.6 Å². The maximum atomic E-state index is 12.7. The van der Waals surface area contributed by atoms with Gasteiger partial charge in [0.05, 0.1) is 26.4 Å². The van der Waals surface area contributed by atoms with Crippen LogP contribution in [0.3, 0.4) is 0 Å². The summed E-state index contributed by atoms with van der Waals surface area (Å²) in [6.45, 7) is 3.57. The molecule has 386 valence electrons. The molecule has 0 aliphatic heterocycles. The Morgan fingerprint density at radius 1 is 0.477 bits per heavy atom. The van der Waals surface area contributed by atoms with E-state index in [1.165, 1.54) is 218 Å². The highest BCUT2D eigenvalue weighted by molar-refractivity contribution is 7.47. The Hall–Kier alpha value is -1.06. The molecule has 0 saturated heterocycles. The van der Waals surface area contributed by atoms with E-state index in [0.29, 0.717) is 6.61 Å². The molecule has 0 fully saturated rings. The Bertz CT molecular complexity index is 1070. The third-order valence-corrected chi connectivity index (χ3v) is 13.3. The number of allylic oxidation sites excluding steroid dienone is 4. The average molecular weight is 943 g/mol. The van der Waals surface area contributed by atoms with Crippen molar-refractivity contribution in [3.05, 3.63) is 24.3 Å². The summed E-state index contributed by atoms with van der Waals surface area (Å²) in [5, 5.41) is 18.4. The number of phosphoric acid groups is 1. The Morgan fingerprint density at radius 2 is 0.831 bits per heavy atom. The van der Waals surface area contributed by atoms with E-state index in [-0.39, 0.29) is 25.6 Å². The Balaban J connectivity index is 4.00. The van der Waals surface area contributed by atoms with Gasteiger partial charge in [-0.2, -0.15) is 0 Å². The number of hydrogen-bond donors (Lipinski definition) is 3.